The zero-order valence-electron chi connectivity index (χ0n) is 15.8. The average Bonchev–Trinajstić information content (AvgIpc) is 2.89. The van der Waals surface area contributed by atoms with E-state index >= 15 is 0 Å². The molecule has 3 rings (SSSR count). The summed E-state index contributed by atoms with van der Waals surface area (Å²) in [4.78, 5) is 24.1. The number of anilines is 1. The van der Waals surface area contributed by atoms with Crippen molar-refractivity contribution in [2.45, 2.75) is 19.3 Å². The van der Waals surface area contributed by atoms with Crippen molar-refractivity contribution < 1.29 is 9.53 Å². The van der Waals surface area contributed by atoms with Crippen LogP contribution in [-0.4, -0.2) is 28.3 Å². The molecule has 1 heterocycles. The first kappa shape index (κ1) is 18.9. The molecule has 0 spiro atoms. The van der Waals surface area contributed by atoms with E-state index in [2.05, 4.69) is 17.4 Å². The maximum Gasteiger partial charge on any atom is 0.328 e. The average molecular weight is 367 g/mol. The van der Waals surface area contributed by atoms with Gasteiger partial charge in [-0.2, -0.15) is 0 Å². The number of benzene rings is 2. The second kappa shape index (κ2) is 8.68. The van der Waals surface area contributed by atoms with Crippen LogP contribution in [-0.2, 0) is 30.0 Å². The molecule has 6 nitrogen and oxygen atoms in total. The van der Waals surface area contributed by atoms with Crippen LogP contribution in [0.3, 0.4) is 0 Å². The Morgan fingerprint density at radius 2 is 1.74 bits per heavy atom. The Hall–Kier alpha value is -2.86. The zero-order chi connectivity index (χ0) is 19.2. The molecule has 3 aromatic rings. The van der Waals surface area contributed by atoms with E-state index in [0.29, 0.717) is 31.7 Å². The van der Waals surface area contributed by atoms with E-state index in [4.69, 9.17) is 4.74 Å². The van der Waals surface area contributed by atoms with Gasteiger partial charge in [0.15, 0.2) is 0 Å². The van der Waals surface area contributed by atoms with Gasteiger partial charge in [0, 0.05) is 32.8 Å². The summed E-state index contributed by atoms with van der Waals surface area (Å²) in [5.41, 5.74) is 3.50. The number of carbonyl (C=O) groups is 1. The van der Waals surface area contributed by atoms with Gasteiger partial charge in [-0.05, 0) is 36.6 Å². The number of nitrogens with one attached hydrogen (secondary N) is 1. The van der Waals surface area contributed by atoms with E-state index in [9.17, 15) is 9.59 Å². The van der Waals surface area contributed by atoms with Crippen LogP contribution in [0.5, 0.6) is 0 Å². The monoisotopic (exact) mass is 367 g/mol. The summed E-state index contributed by atoms with van der Waals surface area (Å²) in [6.45, 7) is 1.22. The van der Waals surface area contributed by atoms with Crippen LogP contribution in [0.2, 0.25) is 0 Å². The molecule has 0 saturated carbocycles. The molecule has 1 aromatic heterocycles. The van der Waals surface area contributed by atoms with Gasteiger partial charge in [0.1, 0.15) is 0 Å². The van der Waals surface area contributed by atoms with Crippen molar-refractivity contribution in [1.29, 1.82) is 0 Å². The van der Waals surface area contributed by atoms with Crippen molar-refractivity contribution in [2.75, 3.05) is 18.5 Å². The van der Waals surface area contributed by atoms with Gasteiger partial charge in [0.2, 0.25) is 5.91 Å². The SMILES string of the molecule is Cn1c(=O)n(C)c2cc(NC(=O)CCCOCCc3ccccc3)ccc21. The number of rotatable bonds is 8. The van der Waals surface area contributed by atoms with Crippen LogP contribution in [0, 0.1) is 0 Å². The molecule has 0 saturated heterocycles. The molecular formula is C21H25N3O3. The molecule has 6 heteroatoms. The number of amides is 1. The number of ether oxygens (including phenoxy) is 1. The van der Waals surface area contributed by atoms with E-state index in [1.807, 2.05) is 36.4 Å². The first-order valence-corrected chi connectivity index (χ1v) is 9.13. The maximum absolute atomic E-state index is 12.1. The second-order valence-corrected chi connectivity index (χ2v) is 6.60. The highest BCUT2D eigenvalue weighted by Crippen LogP contribution is 2.17. The number of hydrogen-bond donors (Lipinski definition) is 1. The minimum Gasteiger partial charge on any atom is -0.381 e. The Morgan fingerprint density at radius 1 is 1.00 bits per heavy atom. The summed E-state index contributed by atoms with van der Waals surface area (Å²) in [5.74, 6) is -0.0538. The molecule has 1 N–H and O–H groups in total. The van der Waals surface area contributed by atoms with Gasteiger partial charge >= 0.3 is 5.69 Å². The Morgan fingerprint density at radius 3 is 2.52 bits per heavy atom. The largest absolute Gasteiger partial charge is 0.381 e. The standard InChI is InChI=1S/C21H25N3O3/c1-23-18-11-10-17(15-19(18)24(2)21(23)26)22-20(25)9-6-13-27-14-12-16-7-4-3-5-8-16/h3-5,7-8,10-11,15H,6,9,12-14H2,1-2H3,(H,22,25). The Balaban J connectivity index is 1.42. The zero-order valence-corrected chi connectivity index (χ0v) is 15.8. The molecule has 142 valence electrons. The van der Waals surface area contributed by atoms with Crippen molar-refractivity contribution in [3.63, 3.8) is 0 Å². The lowest BCUT2D eigenvalue weighted by Gasteiger charge is -2.07. The van der Waals surface area contributed by atoms with Crippen molar-refractivity contribution >= 4 is 22.6 Å². The second-order valence-electron chi connectivity index (χ2n) is 6.60. The molecule has 2 aromatic carbocycles. The predicted molar refractivity (Wildman–Crippen MR) is 107 cm³/mol. The number of fused-ring (bicyclic) bond motifs is 1. The van der Waals surface area contributed by atoms with E-state index in [0.717, 1.165) is 17.5 Å². The fourth-order valence-corrected chi connectivity index (χ4v) is 3.08. The summed E-state index contributed by atoms with van der Waals surface area (Å²) in [6, 6.07) is 15.7. The van der Waals surface area contributed by atoms with Gasteiger partial charge in [-0.25, -0.2) is 4.79 Å². The summed E-state index contributed by atoms with van der Waals surface area (Å²) < 4.78 is 8.77. The fourth-order valence-electron chi connectivity index (χ4n) is 3.08. The van der Waals surface area contributed by atoms with E-state index in [1.165, 1.54) is 5.56 Å². The maximum atomic E-state index is 12.1. The summed E-state index contributed by atoms with van der Waals surface area (Å²) in [5, 5.41) is 2.89. The van der Waals surface area contributed by atoms with E-state index in [1.54, 1.807) is 23.2 Å². The highest BCUT2D eigenvalue weighted by atomic mass is 16.5. The summed E-state index contributed by atoms with van der Waals surface area (Å²) >= 11 is 0. The number of hydrogen-bond acceptors (Lipinski definition) is 3. The van der Waals surface area contributed by atoms with E-state index < -0.39 is 0 Å². The number of nitrogens with zero attached hydrogens (tertiary/aromatic N) is 2. The minimum atomic E-state index is -0.0823. The van der Waals surface area contributed by atoms with Crippen LogP contribution in [0.15, 0.2) is 53.3 Å². The van der Waals surface area contributed by atoms with Gasteiger partial charge in [0.25, 0.3) is 0 Å². The molecule has 1 amide bonds. The van der Waals surface area contributed by atoms with Crippen LogP contribution in [0.4, 0.5) is 5.69 Å². The molecule has 0 aliphatic rings. The lowest BCUT2D eigenvalue weighted by Crippen LogP contribution is -2.19. The van der Waals surface area contributed by atoms with Gasteiger partial charge in [-0.3, -0.25) is 13.9 Å². The van der Waals surface area contributed by atoms with Crippen LogP contribution in [0.1, 0.15) is 18.4 Å². The fraction of sp³-hybridized carbons (Fsp3) is 0.333. The van der Waals surface area contributed by atoms with Gasteiger partial charge in [-0.15, -0.1) is 0 Å². The molecule has 27 heavy (non-hydrogen) atoms. The van der Waals surface area contributed by atoms with E-state index in [-0.39, 0.29) is 11.6 Å². The predicted octanol–water partition coefficient (Wildman–Crippen LogP) is 2.86. The lowest BCUT2D eigenvalue weighted by atomic mass is 10.2. The highest BCUT2D eigenvalue weighted by Gasteiger charge is 2.09. The molecule has 0 aliphatic carbocycles. The number of carbonyl (C=O) groups excluding carboxylic acids is 1. The Labute approximate surface area is 158 Å². The third-order valence-corrected chi connectivity index (χ3v) is 4.63. The minimum absolute atomic E-state index is 0.0538. The van der Waals surface area contributed by atoms with Gasteiger partial charge < -0.3 is 10.1 Å². The quantitative estimate of drug-likeness (QED) is 0.623. The van der Waals surface area contributed by atoms with Gasteiger partial charge in [-0.1, -0.05) is 30.3 Å². The highest BCUT2D eigenvalue weighted by molar-refractivity contribution is 5.93. The molecule has 0 fully saturated rings. The number of imidazole rings is 1. The van der Waals surface area contributed by atoms with Gasteiger partial charge in [0.05, 0.1) is 17.6 Å². The lowest BCUT2D eigenvalue weighted by molar-refractivity contribution is -0.116. The normalized spacial score (nSPS) is 11.0. The molecule has 0 radical (unpaired) electrons. The number of aromatic nitrogens is 2. The Bertz CT molecular complexity index is 973. The van der Waals surface area contributed by atoms with Crippen molar-refractivity contribution in [1.82, 2.24) is 9.13 Å². The first-order valence-electron chi connectivity index (χ1n) is 9.13. The third-order valence-electron chi connectivity index (χ3n) is 4.63. The molecule has 0 unspecified atom stereocenters. The number of aryl methyl sites for hydroxylation is 2. The molecule has 0 aliphatic heterocycles. The van der Waals surface area contributed by atoms with Crippen LogP contribution >= 0.6 is 0 Å². The molecule has 0 bridgehead atoms. The van der Waals surface area contributed by atoms with Crippen molar-refractivity contribution in [3.8, 4) is 0 Å². The molecular weight excluding hydrogens is 342 g/mol. The molecule has 0 atom stereocenters. The van der Waals surface area contributed by atoms with Crippen molar-refractivity contribution in [3.05, 3.63) is 64.6 Å². The summed E-state index contributed by atoms with van der Waals surface area (Å²) in [6.07, 6.45) is 1.95. The topological polar surface area (TPSA) is 65.3 Å². The van der Waals surface area contributed by atoms with Crippen LogP contribution in [0.25, 0.3) is 11.0 Å². The van der Waals surface area contributed by atoms with Crippen LogP contribution < -0.4 is 11.0 Å². The smallest absolute Gasteiger partial charge is 0.328 e. The summed E-state index contributed by atoms with van der Waals surface area (Å²) in [7, 11) is 3.46. The van der Waals surface area contributed by atoms with Crippen molar-refractivity contribution in [2.24, 2.45) is 14.1 Å². The first-order chi connectivity index (χ1) is 13.1. The third kappa shape index (κ3) is 4.65. The Kier molecular flexibility index (Phi) is 6.08.